The normalized spacial score (nSPS) is 22.4. The third-order valence-corrected chi connectivity index (χ3v) is 9.54. The van der Waals surface area contributed by atoms with Crippen LogP contribution < -0.4 is 5.32 Å². The van der Waals surface area contributed by atoms with Crippen LogP contribution in [0.1, 0.15) is 48.8 Å². The molecule has 1 amide bonds. The van der Waals surface area contributed by atoms with E-state index in [-0.39, 0.29) is 17.9 Å². The van der Waals surface area contributed by atoms with Crippen molar-refractivity contribution in [3.05, 3.63) is 65.2 Å². The van der Waals surface area contributed by atoms with E-state index in [4.69, 9.17) is 0 Å². The lowest BCUT2D eigenvalue weighted by Gasteiger charge is -2.31. The standard InChI is InChI=1S/C27H35N3O3S/c31-27(28-25-14-15-29(20-25)19-21-6-2-1-3-7-21)23-12-16-30(17-13-23)34(32,33)26-11-10-22-8-4-5-9-24(22)18-26/h1-3,6-7,10-11,18,23,25H,4-5,8-9,12-17,19-20H2,(H,28,31)/t25-/m0/s1. The van der Waals surface area contributed by atoms with Crippen molar-refractivity contribution in [3.63, 3.8) is 0 Å². The molecule has 1 aliphatic carbocycles. The summed E-state index contributed by atoms with van der Waals surface area (Å²) in [6, 6.07) is 16.2. The highest BCUT2D eigenvalue weighted by Crippen LogP contribution is 2.28. The van der Waals surface area contributed by atoms with Crippen molar-refractivity contribution in [1.82, 2.24) is 14.5 Å². The van der Waals surface area contributed by atoms with Gasteiger partial charge in [0.1, 0.15) is 0 Å². The Bertz CT molecular complexity index is 1110. The highest BCUT2D eigenvalue weighted by atomic mass is 32.2. The van der Waals surface area contributed by atoms with E-state index in [1.807, 2.05) is 18.2 Å². The molecule has 1 atom stereocenters. The first-order valence-electron chi connectivity index (χ1n) is 12.7. The minimum atomic E-state index is -3.51. The monoisotopic (exact) mass is 481 g/mol. The van der Waals surface area contributed by atoms with Gasteiger partial charge in [-0.05, 0) is 73.8 Å². The van der Waals surface area contributed by atoms with Crippen molar-refractivity contribution in [2.45, 2.75) is 62.4 Å². The number of hydrogen-bond donors (Lipinski definition) is 1. The van der Waals surface area contributed by atoms with Gasteiger partial charge in [-0.1, -0.05) is 36.4 Å². The fourth-order valence-corrected chi connectivity index (χ4v) is 7.15. The first-order valence-corrected chi connectivity index (χ1v) is 14.1. The van der Waals surface area contributed by atoms with Gasteiger partial charge in [-0.3, -0.25) is 9.69 Å². The molecule has 0 radical (unpaired) electrons. The van der Waals surface area contributed by atoms with Crippen LogP contribution in [0.4, 0.5) is 0 Å². The first-order chi connectivity index (χ1) is 16.5. The van der Waals surface area contributed by atoms with Gasteiger partial charge in [0, 0.05) is 44.7 Å². The molecule has 1 N–H and O–H groups in total. The molecule has 3 aliphatic rings. The lowest BCUT2D eigenvalue weighted by Crippen LogP contribution is -2.45. The maximum Gasteiger partial charge on any atom is 0.243 e. The quantitative estimate of drug-likeness (QED) is 0.687. The van der Waals surface area contributed by atoms with Gasteiger partial charge in [0.15, 0.2) is 0 Å². The van der Waals surface area contributed by atoms with Crippen LogP contribution in [-0.2, 0) is 34.2 Å². The lowest BCUT2D eigenvalue weighted by atomic mass is 9.92. The van der Waals surface area contributed by atoms with Gasteiger partial charge in [-0.15, -0.1) is 0 Å². The van der Waals surface area contributed by atoms with Gasteiger partial charge >= 0.3 is 0 Å². The van der Waals surface area contributed by atoms with E-state index in [0.29, 0.717) is 30.8 Å². The van der Waals surface area contributed by atoms with Crippen molar-refractivity contribution < 1.29 is 13.2 Å². The molecule has 34 heavy (non-hydrogen) atoms. The summed E-state index contributed by atoms with van der Waals surface area (Å²) in [5, 5.41) is 3.24. The molecule has 6 nitrogen and oxygen atoms in total. The Morgan fingerprint density at radius 3 is 2.41 bits per heavy atom. The maximum atomic E-state index is 13.2. The smallest absolute Gasteiger partial charge is 0.243 e. The Hall–Kier alpha value is -2.22. The van der Waals surface area contributed by atoms with Crippen molar-refractivity contribution in [1.29, 1.82) is 0 Å². The number of sulfonamides is 1. The van der Waals surface area contributed by atoms with E-state index < -0.39 is 10.0 Å². The number of piperidine rings is 1. The number of carbonyl (C=O) groups excluding carboxylic acids is 1. The third-order valence-electron chi connectivity index (χ3n) is 7.65. The molecule has 182 valence electrons. The number of aryl methyl sites for hydroxylation is 2. The summed E-state index contributed by atoms with van der Waals surface area (Å²) in [6.45, 7) is 3.57. The van der Waals surface area contributed by atoms with Gasteiger partial charge in [-0.2, -0.15) is 4.31 Å². The summed E-state index contributed by atoms with van der Waals surface area (Å²) in [7, 11) is -3.51. The number of benzene rings is 2. The number of nitrogens with one attached hydrogen (secondary N) is 1. The van der Waals surface area contributed by atoms with Crippen LogP contribution in [0.2, 0.25) is 0 Å². The van der Waals surface area contributed by atoms with Crippen LogP contribution >= 0.6 is 0 Å². The number of fused-ring (bicyclic) bond motifs is 1. The molecule has 2 aromatic carbocycles. The maximum absolute atomic E-state index is 13.2. The fourth-order valence-electron chi connectivity index (χ4n) is 5.63. The second-order valence-corrected chi connectivity index (χ2v) is 12.0. The van der Waals surface area contributed by atoms with Crippen molar-refractivity contribution in [2.75, 3.05) is 26.2 Å². The SMILES string of the molecule is O=C(N[C@H]1CCN(Cc2ccccc2)C1)C1CCN(S(=O)(=O)c2ccc3c(c2)CCCC3)CC1. The molecule has 2 fully saturated rings. The predicted molar refractivity (Wildman–Crippen MR) is 133 cm³/mol. The number of rotatable bonds is 6. The summed E-state index contributed by atoms with van der Waals surface area (Å²) in [5.74, 6) is -0.0319. The lowest BCUT2D eigenvalue weighted by molar-refractivity contribution is -0.126. The average molecular weight is 482 g/mol. The zero-order valence-corrected chi connectivity index (χ0v) is 20.6. The van der Waals surface area contributed by atoms with Crippen LogP contribution in [-0.4, -0.2) is 55.8 Å². The van der Waals surface area contributed by atoms with Crippen LogP contribution in [0.3, 0.4) is 0 Å². The van der Waals surface area contributed by atoms with Crippen molar-refractivity contribution in [3.8, 4) is 0 Å². The minimum Gasteiger partial charge on any atom is -0.352 e. The van der Waals surface area contributed by atoms with Crippen LogP contribution in [0.15, 0.2) is 53.4 Å². The molecular weight excluding hydrogens is 446 g/mol. The van der Waals surface area contributed by atoms with Crippen molar-refractivity contribution in [2.24, 2.45) is 5.92 Å². The number of carbonyl (C=O) groups is 1. The molecule has 0 spiro atoms. The third kappa shape index (κ3) is 5.21. The molecular formula is C27H35N3O3S. The van der Waals surface area contributed by atoms with E-state index >= 15 is 0 Å². The molecule has 2 heterocycles. The van der Waals surface area contributed by atoms with E-state index in [0.717, 1.165) is 45.3 Å². The number of likely N-dealkylation sites (tertiary alicyclic amines) is 1. The first kappa shape index (κ1) is 23.5. The van der Waals surface area contributed by atoms with Crippen LogP contribution in [0.5, 0.6) is 0 Å². The van der Waals surface area contributed by atoms with E-state index in [2.05, 4.69) is 34.5 Å². The van der Waals surface area contributed by atoms with Gasteiger partial charge < -0.3 is 5.32 Å². The van der Waals surface area contributed by atoms with Crippen LogP contribution in [0.25, 0.3) is 0 Å². The topological polar surface area (TPSA) is 69.7 Å². The highest BCUT2D eigenvalue weighted by Gasteiger charge is 2.34. The second kappa shape index (κ2) is 10.2. The summed E-state index contributed by atoms with van der Waals surface area (Å²) in [4.78, 5) is 15.7. The van der Waals surface area contributed by atoms with Crippen LogP contribution in [0, 0.1) is 5.92 Å². The molecule has 2 aromatic rings. The van der Waals surface area contributed by atoms with Gasteiger partial charge in [0.05, 0.1) is 4.90 Å². The molecule has 0 saturated carbocycles. The Kier molecular flexibility index (Phi) is 7.04. The minimum absolute atomic E-state index is 0.0809. The summed E-state index contributed by atoms with van der Waals surface area (Å²) in [5.41, 5.74) is 3.76. The Balaban J connectivity index is 1.12. The number of hydrogen-bond acceptors (Lipinski definition) is 4. The number of amides is 1. The van der Waals surface area contributed by atoms with Crippen molar-refractivity contribution >= 4 is 15.9 Å². The highest BCUT2D eigenvalue weighted by molar-refractivity contribution is 7.89. The van der Waals surface area contributed by atoms with E-state index in [1.54, 1.807) is 10.4 Å². The molecule has 7 heteroatoms. The fraction of sp³-hybridized carbons (Fsp3) is 0.519. The van der Waals surface area contributed by atoms with Gasteiger partial charge in [-0.25, -0.2) is 8.42 Å². The number of nitrogens with zero attached hydrogens (tertiary/aromatic N) is 2. The zero-order valence-electron chi connectivity index (χ0n) is 19.8. The molecule has 2 aliphatic heterocycles. The largest absolute Gasteiger partial charge is 0.352 e. The summed E-state index contributed by atoms with van der Waals surface area (Å²) in [6.07, 6.45) is 6.44. The average Bonchev–Trinajstić information content (AvgIpc) is 3.30. The zero-order chi connectivity index (χ0) is 23.5. The van der Waals surface area contributed by atoms with Gasteiger partial charge in [0.25, 0.3) is 0 Å². The molecule has 0 aromatic heterocycles. The molecule has 0 unspecified atom stereocenters. The molecule has 2 saturated heterocycles. The van der Waals surface area contributed by atoms with Gasteiger partial charge in [0.2, 0.25) is 15.9 Å². The second-order valence-electron chi connectivity index (χ2n) is 10.0. The Morgan fingerprint density at radius 2 is 1.65 bits per heavy atom. The Labute approximate surface area is 203 Å². The van der Waals surface area contributed by atoms with E-state index in [1.165, 1.54) is 23.1 Å². The summed E-state index contributed by atoms with van der Waals surface area (Å²) >= 11 is 0. The van der Waals surface area contributed by atoms with E-state index in [9.17, 15) is 13.2 Å². The molecule has 0 bridgehead atoms. The summed E-state index contributed by atoms with van der Waals surface area (Å²) < 4.78 is 28.0. The molecule has 5 rings (SSSR count). The predicted octanol–water partition coefficient (Wildman–Crippen LogP) is 3.36. The Morgan fingerprint density at radius 1 is 0.912 bits per heavy atom.